The summed E-state index contributed by atoms with van der Waals surface area (Å²) in [6.07, 6.45) is 4.19. The highest BCUT2D eigenvalue weighted by Crippen LogP contribution is 2.22. The molecule has 1 aromatic rings. The van der Waals surface area contributed by atoms with Crippen LogP contribution in [0.25, 0.3) is 0 Å². The summed E-state index contributed by atoms with van der Waals surface area (Å²) in [5.74, 6) is 0.789. The number of hydrogen-bond acceptors (Lipinski definition) is 4. The lowest BCUT2D eigenvalue weighted by Crippen LogP contribution is -2.32. The number of rotatable bonds is 7. The Morgan fingerprint density at radius 3 is 2.35 bits per heavy atom. The fourth-order valence-electron chi connectivity index (χ4n) is 2.73. The van der Waals surface area contributed by atoms with E-state index in [4.69, 9.17) is 4.74 Å². The Hall–Kier alpha value is -1.76. The van der Waals surface area contributed by atoms with Gasteiger partial charge in [0.2, 0.25) is 15.9 Å². The van der Waals surface area contributed by atoms with Crippen LogP contribution in [0.5, 0.6) is 5.75 Å². The monoisotopic (exact) mass is 340 g/mol. The van der Waals surface area contributed by atoms with Gasteiger partial charge in [0.15, 0.2) is 0 Å². The van der Waals surface area contributed by atoms with E-state index in [-0.39, 0.29) is 5.91 Å². The maximum absolute atomic E-state index is 12.0. The second kappa shape index (κ2) is 7.68. The van der Waals surface area contributed by atoms with E-state index in [0.717, 1.165) is 25.9 Å². The zero-order valence-electron chi connectivity index (χ0n) is 13.7. The molecule has 128 valence electrons. The minimum absolute atomic E-state index is 0.116. The number of carbonyl (C=O) groups excluding carboxylic acids is 1. The summed E-state index contributed by atoms with van der Waals surface area (Å²) >= 11 is 0. The van der Waals surface area contributed by atoms with Crippen LogP contribution < -0.4 is 9.04 Å². The van der Waals surface area contributed by atoms with Gasteiger partial charge in [-0.3, -0.25) is 9.10 Å². The van der Waals surface area contributed by atoms with Crippen LogP contribution in [0.2, 0.25) is 0 Å². The Kier molecular flexibility index (Phi) is 5.87. The highest BCUT2D eigenvalue weighted by atomic mass is 32.2. The maximum atomic E-state index is 12.0. The van der Waals surface area contributed by atoms with Crippen LogP contribution in [0.4, 0.5) is 5.69 Å². The maximum Gasteiger partial charge on any atom is 0.232 e. The molecule has 1 aromatic carbocycles. The third-order valence-corrected chi connectivity index (χ3v) is 5.17. The molecule has 23 heavy (non-hydrogen) atoms. The van der Waals surface area contributed by atoms with E-state index in [1.807, 2.05) is 4.90 Å². The van der Waals surface area contributed by atoms with Gasteiger partial charge in [0.25, 0.3) is 0 Å². The van der Waals surface area contributed by atoms with E-state index >= 15 is 0 Å². The second-order valence-electron chi connectivity index (χ2n) is 5.72. The number of carbonyl (C=O) groups is 1. The van der Waals surface area contributed by atoms with Crippen molar-refractivity contribution in [2.75, 3.05) is 37.3 Å². The Labute approximate surface area is 138 Å². The lowest BCUT2D eigenvalue weighted by atomic mass is 10.2. The van der Waals surface area contributed by atoms with Crippen molar-refractivity contribution in [3.63, 3.8) is 0 Å². The van der Waals surface area contributed by atoms with Gasteiger partial charge in [-0.05, 0) is 43.5 Å². The molecule has 2 rings (SSSR count). The number of hydrogen-bond donors (Lipinski definition) is 0. The molecule has 0 spiro atoms. The van der Waals surface area contributed by atoms with E-state index < -0.39 is 10.0 Å². The molecule has 7 heteroatoms. The molecule has 6 nitrogen and oxygen atoms in total. The summed E-state index contributed by atoms with van der Waals surface area (Å²) in [5.41, 5.74) is 0.585. The molecule has 0 bridgehead atoms. The van der Waals surface area contributed by atoms with Gasteiger partial charge in [-0.1, -0.05) is 0 Å². The number of anilines is 1. The first-order valence-electron chi connectivity index (χ1n) is 7.81. The smallest absolute Gasteiger partial charge is 0.232 e. The van der Waals surface area contributed by atoms with Crippen LogP contribution in [0.15, 0.2) is 24.3 Å². The molecule has 0 aliphatic carbocycles. The highest BCUT2D eigenvalue weighted by Gasteiger charge is 2.20. The van der Waals surface area contributed by atoms with Crippen LogP contribution in [0.1, 0.15) is 25.7 Å². The molecule has 1 fully saturated rings. The standard InChI is InChI=1S/C16H24N2O4S/c1-22-15-9-7-14(8-10-15)18(23(2,20)21)13-5-6-16(19)17-11-3-4-12-17/h7-10H,3-6,11-13H2,1-2H3. The average Bonchev–Trinajstić information content (AvgIpc) is 3.05. The molecular weight excluding hydrogens is 316 g/mol. The lowest BCUT2D eigenvalue weighted by molar-refractivity contribution is -0.130. The molecule has 0 N–H and O–H groups in total. The van der Waals surface area contributed by atoms with E-state index in [2.05, 4.69) is 0 Å². The molecule has 1 aliphatic rings. The van der Waals surface area contributed by atoms with Crippen molar-refractivity contribution in [2.24, 2.45) is 0 Å². The first-order chi connectivity index (χ1) is 10.9. The average molecular weight is 340 g/mol. The van der Waals surface area contributed by atoms with Crippen molar-refractivity contribution in [1.29, 1.82) is 0 Å². The molecule has 0 unspecified atom stereocenters. The molecule has 0 aromatic heterocycles. The van der Waals surface area contributed by atoms with Gasteiger partial charge >= 0.3 is 0 Å². The number of sulfonamides is 1. The van der Waals surface area contributed by atoms with Gasteiger partial charge in [0.1, 0.15) is 5.75 Å². The number of methoxy groups -OCH3 is 1. The van der Waals surface area contributed by atoms with E-state index in [0.29, 0.717) is 30.8 Å². The van der Waals surface area contributed by atoms with Crippen LogP contribution in [0, 0.1) is 0 Å². The molecular formula is C16H24N2O4S. The van der Waals surface area contributed by atoms with Gasteiger partial charge < -0.3 is 9.64 Å². The number of likely N-dealkylation sites (tertiary alicyclic amines) is 1. The molecule has 1 amide bonds. The van der Waals surface area contributed by atoms with Crippen molar-refractivity contribution in [3.8, 4) is 5.75 Å². The van der Waals surface area contributed by atoms with Gasteiger partial charge in [-0.25, -0.2) is 8.42 Å². The summed E-state index contributed by atoms with van der Waals surface area (Å²) in [5, 5.41) is 0. The predicted octanol–water partition coefficient (Wildman–Crippen LogP) is 1.86. The van der Waals surface area contributed by atoms with Gasteiger partial charge in [0.05, 0.1) is 19.1 Å². The van der Waals surface area contributed by atoms with Gasteiger partial charge in [-0.2, -0.15) is 0 Å². The molecule has 1 aliphatic heterocycles. The SMILES string of the molecule is COc1ccc(N(CCCC(=O)N2CCCC2)S(C)(=O)=O)cc1. The van der Waals surface area contributed by atoms with E-state index in [1.165, 1.54) is 10.6 Å². The minimum atomic E-state index is -3.39. The minimum Gasteiger partial charge on any atom is -0.497 e. The molecule has 1 heterocycles. The summed E-state index contributed by atoms with van der Waals surface area (Å²) in [6, 6.07) is 6.87. The summed E-state index contributed by atoms with van der Waals surface area (Å²) < 4.78 is 30.5. The van der Waals surface area contributed by atoms with Gasteiger partial charge in [0, 0.05) is 26.1 Å². The van der Waals surface area contributed by atoms with E-state index in [1.54, 1.807) is 31.4 Å². The first kappa shape index (κ1) is 17.6. The Balaban J connectivity index is 1.97. The number of benzene rings is 1. The van der Waals surface area contributed by atoms with Gasteiger partial charge in [-0.15, -0.1) is 0 Å². The third-order valence-electron chi connectivity index (χ3n) is 3.97. The summed E-state index contributed by atoms with van der Waals surface area (Å²) in [4.78, 5) is 13.9. The van der Waals surface area contributed by atoms with Crippen molar-refractivity contribution in [2.45, 2.75) is 25.7 Å². The lowest BCUT2D eigenvalue weighted by Gasteiger charge is -2.23. The van der Waals surface area contributed by atoms with Crippen molar-refractivity contribution in [3.05, 3.63) is 24.3 Å². The number of nitrogens with zero attached hydrogens (tertiary/aromatic N) is 2. The Bertz CT molecular complexity index is 622. The highest BCUT2D eigenvalue weighted by molar-refractivity contribution is 7.92. The number of ether oxygens (including phenoxy) is 1. The van der Waals surface area contributed by atoms with Crippen molar-refractivity contribution < 1.29 is 17.9 Å². The third kappa shape index (κ3) is 4.86. The van der Waals surface area contributed by atoms with Crippen molar-refractivity contribution >= 4 is 21.6 Å². The molecule has 0 saturated carbocycles. The summed E-state index contributed by atoms with van der Waals surface area (Å²) in [6.45, 7) is 1.95. The molecule has 1 saturated heterocycles. The fourth-order valence-corrected chi connectivity index (χ4v) is 3.70. The summed E-state index contributed by atoms with van der Waals surface area (Å²) in [7, 11) is -1.82. The van der Waals surface area contributed by atoms with Crippen LogP contribution in [-0.4, -0.2) is 52.2 Å². The molecule has 0 radical (unpaired) electrons. The quantitative estimate of drug-likeness (QED) is 0.760. The normalized spacial score (nSPS) is 14.8. The van der Waals surface area contributed by atoms with Crippen molar-refractivity contribution in [1.82, 2.24) is 4.90 Å². The largest absolute Gasteiger partial charge is 0.497 e. The Morgan fingerprint density at radius 2 is 1.83 bits per heavy atom. The first-order valence-corrected chi connectivity index (χ1v) is 9.66. The Morgan fingerprint density at radius 1 is 1.22 bits per heavy atom. The zero-order chi connectivity index (χ0) is 16.9. The van der Waals surface area contributed by atoms with Crippen LogP contribution >= 0.6 is 0 Å². The van der Waals surface area contributed by atoms with E-state index in [9.17, 15) is 13.2 Å². The van der Waals surface area contributed by atoms with Crippen LogP contribution in [0.3, 0.4) is 0 Å². The zero-order valence-corrected chi connectivity index (χ0v) is 14.5. The number of amides is 1. The topological polar surface area (TPSA) is 66.9 Å². The fraction of sp³-hybridized carbons (Fsp3) is 0.562. The van der Waals surface area contributed by atoms with Crippen LogP contribution in [-0.2, 0) is 14.8 Å². The second-order valence-corrected chi connectivity index (χ2v) is 7.63. The molecule has 0 atom stereocenters. The predicted molar refractivity (Wildman–Crippen MR) is 90.2 cm³/mol.